The van der Waals surface area contributed by atoms with Gasteiger partial charge in [0.1, 0.15) is 11.2 Å². The highest BCUT2D eigenvalue weighted by atomic mass is 32.1. The lowest BCUT2D eigenvalue weighted by Gasteiger charge is -2.27. The maximum absolute atomic E-state index is 6.64. The second kappa shape index (κ2) is 10.3. The molecule has 3 heteroatoms. The van der Waals surface area contributed by atoms with Gasteiger partial charge in [-0.25, -0.2) is 0 Å². The molecule has 2 heterocycles. The highest BCUT2D eigenvalue weighted by molar-refractivity contribution is 7.26. The molecular weight excluding hydrogens is 591 g/mol. The summed E-state index contributed by atoms with van der Waals surface area (Å²) in [6.07, 6.45) is 0. The van der Waals surface area contributed by atoms with E-state index in [4.69, 9.17) is 4.42 Å². The van der Waals surface area contributed by atoms with Crippen LogP contribution in [0.25, 0.3) is 74.8 Å². The fourth-order valence-electron chi connectivity index (χ4n) is 7.25. The Kier molecular flexibility index (Phi) is 5.78. The number of furan rings is 1. The molecule has 0 aliphatic carbocycles. The molecule has 2 aromatic heterocycles. The van der Waals surface area contributed by atoms with Crippen molar-refractivity contribution in [2.45, 2.75) is 0 Å². The van der Waals surface area contributed by atoms with Gasteiger partial charge in [-0.15, -0.1) is 11.3 Å². The minimum absolute atomic E-state index is 0.880. The smallest absolute Gasteiger partial charge is 0.143 e. The molecule has 0 radical (unpaired) electrons. The van der Waals surface area contributed by atoms with Crippen molar-refractivity contribution < 1.29 is 4.42 Å². The Morgan fingerprint density at radius 2 is 1.19 bits per heavy atom. The standard InChI is InChI=1S/C44H27NOS/c1-2-12-30-26-33(24-22-28(30)10-1)45(39-19-9-20-40-42(39)38-25-23-29-11-3-4-15-34(29)43(38)46-40)32-14-7-13-31(27-32)35-17-8-18-37-36-16-5-6-21-41(36)47-44(35)37/h1-27H. The van der Waals surface area contributed by atoms with Gasteiger partial charge in [0.2, 0.25) is 0 Å². The third-order valence-corrected chi connectivity index (χ3v) is 10.6. The molecule has 10 rings (SSSR count). The average Bonchev–Trinajstić information content (AvgIpc) is 3.71. The first-order valence-corrected chi connectivity index (χ1v) is 16.7. The van der Waals surface area contributed by atoms with Gasteiger partial charge in [0.15, 0.2) is 0 Å². The van der Waals surface area contributed by atoms with Crippen LogP contribution in [0.3, 0.4) is 0 Å². The molecule has 10 aromatic rings. The maximum atomic E-state index is 6.64. The summed E-state index contributed by atoms with van der Waals surface area (Å²) in [5.41, 5.74) is 7.54. The molecule has 0 fully saturated rings. The molecule has 0 saturated heterocycles. The van der Waals surface area contributed by atoms with E-state index in [2.05, 4.69) is 169 Å². The number of rotatable bonds is 4. The number of fused-ring (bicyclic) bond motifs is 9. The molecule has 0 aliphatic rings. The van der Waals surface area contributed by atoms with Crippen LogP contribution in [0.5, 0.6) is 0 Å². The summed E-state index contributed by atoms with van der Waals surface area (Å²) in [6.45, 7) is 0. The number of thiophene rings is 1. The summed E-state index contributed by atoms with van der Waals surface area (Å²) in [7, 11) is 0. The second-order valence-electron chi connectivity index (χ2n) is 12.1. The van der Waals surface area contributed by atoms with Gasteiger partial charge in [-0.05, 0) is 75.8 Å². The zero-order valence-electron chi connectivity index (χ0n) is 25.4. The quantitative estimate of drug-likeness (QED) is 0.195. The topological polar surface area (TPSA) is 16.4 Å². The lowest BCUT2D eigenvalue weighted by atomic mass is 10.0. The van der Waals surface area contributed by atoms with E-state index in [9.17, 15) is 0 Å². The minimum atomic E-state index is 0.880. The van der Waals surface area contributed by atoms with Crippen LogP contribution in [-0.4, -0.2) is 0 Å². The third kappa shape index (κ3) is 4.10. The van der Waals surface area contributed by atoms with Crippen molar-refractivity contribution in [2.75, 3.05) is 4.90 Å². The maximum Gasteiger partial charge on any atom is 0.143 e. The van der Waals surface area contributed by atoms with E-state index in [1.54, 1.807) is 0 Å². The number of nitrogens with zero attached hydrogens (tertiary/aromatic N) is 1. The van der Waals surface area contributed by atoms with Crippen molar-refractivity contribution in [1.82, 2.24) is 0 Å². The summed E-state index contributed by atoms with van der Waals surface area (Å²) in [5.74, 6) is 0. The van der Waals surface area contributed by atoms with Crippen LogP contribution in [0, 0.1) is 0 Å². The van der Waals surface area contributed by atoms with Crippen LogP contribution in [0.2, 0.25) is 0 Å². The van der Waals surface area contributed by atoms with Crippen molar-refractivity contribution in [2.24, 2.45) is 0 Å². The Labute approximate surface area is 275 Å². The highest BCUT2D eigenvalue weighted by Gasteiger charge is 2.21. The van der Waals surface area contributed by atoms with Crippen LogP contribution in [0.1, 0.15) is 0 Å². The lowest BCUT2D eigenvalue weighted by Crippen LogP contribution is -2.10. The molecule has 0 N–H and O–H groups in total. The Morgan fingerprint density at radius 1 is 0.468 bits per heavy atom. The fraction of sp³-hybridized carbons (Fsp3) is 0. The summed E-state index contributed by atoms with van der Waals surface area (Å²) in [6, 6.07) is 59.0. The molecule has 0 spiro atoms. The van der Waals surface area contributed by atoms with Crippen molar-refractivity contribution in [1.29, 1.82) is 0 Å². The molecular formula is C44H27NOS. The predicted octanol–water partition coefficient (Wildman–Crippen LogP) is 13.4. The molecule has 0 atom stereocenters. The second-order valence-corrected chi connectivity index (χ2v) is 13.2. The Morgan fingerprint density at radius 3 is 2.13 bits per heavy atom. The average molecular weight is 618 g/mol. The van der Waals surface area contributed by atoms with Crippen LogP contribution < -0.4 is 4.90 Å². The number of anilines is 3. The summed E-state index contributed by atoms with van der Waals surface area (Å²) in [4.78, 5) is 2.40. The molecule has 0 bridgehead atoms. The summed E-state index contributed by atoms with van der Waals surface area (Å²) < 4.78 is 9.28. The van der Waals surface area contributed by atoms with Gasteiger partial charge in [0.05, 0.1) is 11.1 Å². The van der Waals surface area contributed by atoms with Gasteiger partial charge in [-0.2, -0.15) is 0 Å². The van der Waals surface area contributed by atoms with Crippen molar-refractivity contribution in [3.63, 3.8) is 0 Å². The lowest BCUT2D eigenvalue weighted by molar-refractivity contribution is 0.672. The summed E-state index contributed by atoms with van der Waals surface area (Å²) in [5, 5.41) is 9.58. The van der Waals surface area contributed by atoms with Crippen LogP contribution >= 0.6 is 11.3 Å². The Bertz CT molecular complexity index is 2820. The molecule has 8 aromatic carbocycles. The normalized spacial score (nSPS) is 11.8. The SMILES string of the molecule is c1cc(-c2cccc3c2sc2ccccc23)cc(N(c2ccc3ccccc3c2)c2cccc3oc4c5ccccc5ccc4c23)c1. The van der Waals surface area contributed by atoms with E-state index in [1.807, 2.05) is 11.3 Å². The van der Waals surface area contributed by atoms with Crippen LogP contribution in [0.15, 0.2) is 168 Å². The van der Waals surface area contributed by atoms with Gasteiger partial charge in [0.25, 0.3) is 0 Å². The first-order chi connectivity index (χ1) is 23.3. The van der Waals surface area contributed by atoms with E-state index >= 15 is 0 Å². The zero-order chi connectivity index (χ0) is 30.9. The van der Waals surface area contributed by atoms with Crippen LogP contribution in [-0.2, 0) is 0 Å². The largest absolute Gasteiger partial charge is 0.455 e. The summed E-state index contributed by atoms with van der Waals surface area (Å²) >= 11 is 1.87. The minimum Gasteiger partial charge on any atom is -0.455 e. The van der Waals surface area contributed by atoms with E-state index in [0.29, 0.717) is 0 Å². The molecule has 0 amide bonds. The van der Waals surface area contributed by atoms with Gasteiger partial charge in [-0.3, -0.25) is 0 Å². The monoisotopic (exact) mass is 617 g/mol. The van der Waals surface area contributed by atoms with E-state index < -0.39 is 0 Å². The zero-order valence-corrected chi connectivity index (χ0v) is 26.2. The molecule has 47 heavy (non-hydrogen) atoms. The van der Waals surface area contributed by atoms with Gasteiger partial charge < -0.3 is 9.32 Å². The number of benzene rings is 8. The number of hydrogen-bond donors (Lipinski definition) is 0. The molecule has 2 nitrogen and oxygen atoms in total. The first kappa shape index (κ1) is 26.3. The van der Waals surface area contributed by atoms with Gasteiger partial charge in [-0.1, -0.05) is 115 Å². The molecule has 0 unspecified atom stereocenters. The Hall–Kier alpha value is -5.90. The molecule has 0 aliphatic heterocycles. The van der Waals surface area contributed by atoms with Crippen molar-refractivity contribution >= 4 is 92.1 Å². The van der Waals surface area contributed by atoms with Crippen molar-refractivity contribution in [3.8, 4) is 11.1 Å². The first-order valence-electron chi connectivity index (χ1n) is 15.9. The van der Waals surface area contributed by atoms with Crippen LogP contribution in [0.4, 0.5) is 17.1 Å². The van der Waals surface area contributed by atoms with E-state index in [0.717, 1.165) is 44.4 Å². The molecule has 220 valence electrons. The van der Waals surface area contributed by atoms with Gasteiger partial charge in [0, 0.05) is 42.3 Å². The van der Waals surface area contributed by atoms with Crippen molar-refractivity contribution in [3.05, 3.63) is 164 Å². The third-order valence-electron chi connectivity index (χ3n) is 9.42. The predicted molar refractivity (Wildman–Crippen MR) is 202 cm³/mol. The highest BCUT2D eigenvalue weighted by Crippen LogP contribution is 2.46. The van der Waals surface area contributed by atoms with E-state index in [1.165, 1.54) is 47.5 Å². The Balaban J connectivity index is 1.24. The number of hydrogen-bond acceptors (Lipinski definition) is 3. The van der Waals surface area contributed by atoms with Gasteiger partial charge >= 0.3 is 0 Å². The van der Waals surface area contributed by atoms with E-state index in [-0.39, 0.29) is 0 Å². The molecule has 0 saturated carbocycles. The fourth-order valence-corrected chi connectivity index (χ4v) is 8.49.